The van der Waals surface area contributed by atoms with Crippen molar-refractivity contribution in [3.05, 3.63) is 55.0 Å². The van der Waals surface area contributed by atoms with Crippen LogP contribution in [0.3, 0.4) is 0 Å². The van der Waals surface area contributed by atoms with Gasteiger partial charge < -0.3 is 15.2 Å². The average molecular weight is 398 g/mol. The summed E-state index contributed by atoms with van der Waals surface area (Å²) in [7, 11) is 2.09. The molecule has 30 heavy (non-hydrogen) atoms. The molecule has 4 aromatic rings. The Bertz CT molecular complexity index is 1230. The van der Waals surface area contributed by atoms with Crippen molar-refractivity contribution < 1.29 is 0 Å². The number of piperidine rings is 1. The number of aryl methyl sites for hydroxylation is 1. The number of rotatable bonds is 3. The van der Waals surface area contributed by atoms with Crippen molar-refractivity contribution in [2.45, 2.75) is 31.7 Å². The maximum Gasteiger partial charge on any atom is 0.0966 e. The van der Waals surface area contributed by atoms with Crippen molar-refractivity contribution in [1.82, 2.24) is 19.9 Å². The Morgan fingerprint density at radius 2 is 1.90 bits per heavy atom. The molecule has 2 N–H and O–H groups in total. The Labute approximate surface area is 176 Å². The molecular formula is C25H27N5. The van der Waals surface area contributed by atoms with Crippen LogP contribution in [-0.4, -0.2) is 33.7 Å². The fourth-order valence-electron chi connectivity index (χ4n) is 5.45. The van der Waals surface area contributed by atoms with E-state index in [1.165, 1.54) is 42.1 Å². The van der Waals surface area contributed by atoms with Crippen molar-refractivity contribution in [3.63, 3.8) is 0 Å². The molecule has 5 nitrogen and oxygen atoms in total. The van der Waals surface area contributed by atoms with E-state index < -0.39 is 0 Å². The summed E-state index contributed by atoms with van der Waals surface area (Å²) in [6.45, 7) is 2.28. The smallest absolute Gasteiger partial charge is 0.0966 e. The lowest BCUT2D eigenvalue weighted by Gasteiger charge is -2.52. The molecule has 152 valence electrons. The van der Waals surface area contributed by atoms with Gasteiger partial charge in [-0.2, -0.15) is 0 Å². The predicted octanol–water partition coefficient (Wildman–Crippen LogP) is 4.73. The molecule has 1 unspecified atom stereocenters. The zero-order valence-electron chi connectivity index (χ0n) is 17.4. The fourth-order valence-corrected chi connectivity index (χ4v) is 5.45. The number of hydrogen-bond donors (Lipinski definition) is 2. The topological polar surface area (TPSA) is 54.8 Å². The zero-order chi connectivity index (χ0) is 20.1. The maximum absolute atomic E-state index is 4.68. The molecule has 1 aliphatic carbocycles. The zero-order valence-corrected chi connectivity index (χ0v) is 17.4. The van der Waals surface area contributed by atoms with Gasteiger partial charge in [0.2, 0.25) is 0 Å². The lowest BCUT2D eigenvalue weighted by atomic mass is 9.59. The first-order valence-corrected chi connectivity index (χ1v) is 11.0. The van der Waals surface area contributed by atoms with Crippen molar-refractivity contribution in [1.29, 1.82) is 0 Å². The van der Waals surface area contributed by atoms with Crippen LogP contribution in [0.15, 0.2) is 55.0 Å². The number of fused-ring (bicyclic) bond motifs is 2. The molecular weight excluding hydrogens is 370 g/mol. The third-order valence-electron chi connectivity index (χ3n) is 7.38. The molecule has 2 aliphatic rings. The van der Waals surface area contributed by atoms with Gasteiger partial charge in [-0.3, -0.25) is 9.97 Å². The number of nitrogens with one attached hydrogen (secondary N) is 2. The number of aromatic nitrogens is 3. The molecule has 6 rings (SSSR count). The standard InChI is InChI=1S/C25H27N5/c1-30-13-5-17-2-3-18(14-22(17)30)20-15-19(16-21-24(20)28-12-11-27-21)29-23-4-6-25(23)7-9-26-10-8-25/h2-3,5,11-16,23,26,29H,4,6-10H2,1H3. The van der Waals surface area contributed by atoms with Crippen LogP contribution >= 0.6 is 0 Å². The third kappa shape index (κ3) is 2.80. The first-order valence-electron chi connectivity index (χ1n) is 11.0. The van der Waals surface area contributed by atoms with Gasteiger partial charge in [0.05, 0.1) is 11.0 Å². The molecule has 2 fully saturated rings. The summed E-state index contributed by atoms with van der Waals surface area (Å²) in [6, 6.07) is 13.8. The minimum absolute atomic E-state index is 0.463. The minimum atomic E-state index is 0.463. The van der Waals surface area contributed by atoms with Crippen LogP contribution in [0.2, 0.25) is 0 Å². The monoisotopic (exact) mass is 397 g/mol. The van der Waals surface area contributed by atoms with E-state index in [1.807, 2.05) is 0 Å². The molecule has 1 saturated heterocycles. The first-order chi connectivity index (χ1) is 14.7. The average Bonchev–Trinajstić information content (AvgIpc) is 3.17. The van der Waals surface area contributed by atoms with Gasteiger partial charge in [-0.1, -0.05) is 12.1 Å². The maximum atomic E-state index is 4.68. The lowest BCUT2D eigenvalue weighted by Crippen LogP contribution is -2.54. The highest BCUT2D eigenvalue weighted by molar-refractivity contribution is 5.97. The van der Waals surface area contributed by atoms with Gasteiger partial charge in [0.15, 0.2) is 0 Å². The molecule has 0 radical (unpaired) electrons. The second-order valence-electron chi connectivity index (χ2n) is 9.00. The third-order valence-corrected chi connectivity index (χ3v) is 7.38. The Balaban J connectivity index is 1.43. The molecule has 1 saturated carbocycles. The number of nitrogens with zero attached hydrogens (tertiary/aromatic N) is 3. The van der Waals surface area contributed by atoms with E-state index in [0.29, 0.717) is 11.5 Å². The van der Waals surface area contributed by atoms with Gasteiger partial charge in [0.25, 0.3) is 0 Å². The SMILES string of the molecule is Cn1ccc2ccc(-c3cc(NC4CCC45CCNCC5)cc4nccnc34)cc21. The summed E-state index contributed by atoms with van der Waals surface area (Å²) in [4.78, 5) is 9.32. The summed E-state index contributed by atoms with van der Waals surface area (Å²) in [5, 5.41) is 8.66. The van der Waals surface area contributed by atoms with Crippen molar-refractivity contribution >= 4 is 27.6 Å². The highest BCUT2D eigenvalue weighted by Crippen LogP contribution is 2.49. The van der Waals surface area contributed by atoms with E-state index in [4.69, 9.17) is 0 Å². The van der Waals surface area contributed by atoms with Crippen LogP contribution in [0, 0.1) is 5.41 Å². The van der Waals surface area contributed by atoms with Gasteiger partial charge in [-0.15, -0.1) is 0 Å². The highest BCUT2D eigenvalue weighted by Gasteiger charge is 2.46. The largest absolute Gasteiger partial charge is 0.382 e. The van der Waals surface area contributed by atoms with Crippen molar-refractivity contribution in [2.75, 3.05) is 18.4 Å². The predicted molar refractivity (Wildman–Crippen MR) is 123 cm³/mol. The molecule has 5 heteroatoms. The van der Waals surface area contributed by atoms with Crippen LogP contribution in [-0.2, 0) is 7.05 Å². The fraction of sp³-hybridized carbons (Fsp3) is 0.360. The normalized spacial score (nSPS) is 20.5. The van der Waals surface area contributed by atoms with Gasteiger partial charge in [0, 0.05) is 48.4 Å². The molecule has 0 amide bonds. The van der Waals surface area contributed by atoms with Crippen molar-refractivity contribution in [2.24, 2.45) is 12.5 Å². The summed E-state index contributed by atoms with van der Waals surface area (Å²) >= 11 is 0. The Morgan fingerprint density at radius 3 is 2.73 bits per heavy atom. The first kappa shape index (κ1) is 17.9. The summed E-state index contributed by atoms with van der Waals surface area (Å²) in [5.74, 6) is 0. The number of hydrogen-bond acceptors (Lipinski definition) is 4. The van der Waals surface area contributed by atoms with Crippen LogP contribution in [0.5, 0.6) is 0 Å². The van der Waals surface area contributed by atoms with E-state index in [2.05, 4.69) is 74.8 Å². The van der Waals surface area contributed by atoms with Gasteiger partial charge in [-0.05, 0) is 79.4 Å². The summed E-state index contributed by atoms with van der Waals surface area (Å²) in [6.07, 6.45) is 10.8. The van der Waals surface area contributed by atoms with Crippen LogP contribution < -0.4 is 10.6 Å². The van der Waals surface area contributed by atoms with E-state index in [-0.39, 0.29) is 0 Å². The van der Waals surface area contributed by atoms with E-state index >= 15 is 0 Å². The summed E-state index contributed by atoms with van der Waals surface area (Å²) < 4.78 is 2.17. The van der Waals surface area contributed by atoms with Crippen LogP contribution in [0.25, 0.3) is 33.1 Å². The van der Waals surface area contributed by atoms with E-state index in [1.54, 1.807) is 12.4 Å². The quantitative estimate of drug-likeness (QED) is 0.525. The Kier molecular flexibility index (Phi) is 4.06. The molecule has 1 atom stereocenters. The molecule has 1 aliphatic heterocycles. The van der Waals surface area contributed by atoms with Crippen LogP contribution in [0.1, 0.15) is 25.7 Å². The highest BCUT2D eigenvalue weighted by atomic mass is 15.0. The van der Waals surface area contributed by atoms with Crippen LogP contribution in [0.4, 0.5) is 5.69 Å². The number of anilines is 1. The second kappa shape index (κ2) is 6.81. The van der Waals surface area contributed by atoms with Gasteiger partial charge >= 0.3 is 0 Å². The molecule has 2 aromatic heterocycles. The molecule has 1 spiro atoms. The van der Waals surface area contributed by atoms with E-state index in [9.17, 15) is 0 Å². The Morgan fingerprint density at radius 1 is 1.03 bits per heavy atom. The van der Waals surface area contributed by atoms with Crippen molar-refractivity contribution in [3.8, 4) is 11.1 Å². The summed E-state index contributed by atoms with van der Waals surface area (Å²) in [5.41, 5.74) is 7.09. The van der Waals surface area contributed by atoms with E-state index in [0.717, 1.165) is 35.4 Å². The molecule has 2 aromatic carbocycles. The van der Waals surface area contributed by atoms with Gasteiger partial charge in [-0.25, -0.2) is 0 Å². The minimum Gasteiger partial charge on any atom is -0.382 e. The molecule has 0 bridgehead atoms. The van der Waals surface area contributed by atoms with Gasteiger partial charge in [0.1, 0.15) is 0 Å². The number of benzene rings is 2. The Hall–Kier alpha value is -2.92. The lowest BCUT2D eigenvalue weighted by molar-refractivity contribution is 0.0654. The molecule has 3 heterocycles. The second-order valence-corrected chi connectivity index (χ2v) is 9.00.